The number of hydrogen-bond acceptors (Lipinski definition) is 8. The van der Waals surface area contributed by atoms with Crippen LogP contribution in [0, 0.1) is 0 Å². The number of hydrogen-bond donors (Lipinski definition) is 1. The number of furan rings is 1. The van der Waals surface area contributed by atoms with Crippen LogP contribution >= 0.6 is 0 Å². The highest BCUT2D eigenvalue weighted by Crippen LogP contribution is 2.36. The monoisotopic (exact) mass is 404 g/mol. The van der Waals surface area contributed by atoms with Gasteiger partial charge in [0.1, 0.15) is 17.9 Å². The van der Waals surface area contributed by atoms with Crippen LogP contribution in [-0.4, -0.2) is 45.4 Å². The molecule has 10 heteroatoms. The smallest absolute Gasteiger partial charge is 0.232 e. The highest BCUT2D eigenvalue weighted by Gasteiger charge is 2.24. The van der Waals surface area contributed by atoms with Gasteiger partial charge in [0.15, 0.2) is 11.5 Å². The quantitative estimate of drug-likeness (QED) is 0.690. The second kappa shape index (κ2) is 6.86. The molecule has 1 aliphatic heterocycles. The molecule has 4 rings (SSSR count). The molecule has 0 aliphatic carbocycles. The first-order valence-electron chi connectivity index (χ1n) is 8.59. The van der Waals surface area contributed by atoms with Crippen molar-refractivity contribution < 1.29 is 22.3 Å². The molecule has 0 amide bonds. The van der Waals surface area contributed by atoms with Gasteiger partial charge in [-0.05, 0) is 6.07 Å². The van der Waals surface area contributed by atoms with Gasteiger partial charge in [-0.1, -0.05) is 0 Å². The van der Waals surface area contributed by atoms with Gasteiger partial charge in [-0.2, -0.15) is 0 Å². The van der Waals surface area contributed by atoms with Gasteiger partial charge in [0.25, 0.3) is 0 Å². The molecule has 0 radical (unpaired) electrons. The van der Waals surface area contributed by atoms with Crippen LogP contribution in [0.2, 0.25) is 0 Å². The minimum atomic E-state index is -3.39. The minimum Gasteiger partial charge on any atom is -0.493 e. The van der Waals surface area contributed by atoms with Gasteiger partial charge >= 0.3 is 0 Å². The fourth-order valence-corrected chi connectivity index (χ4v) is 3.83. The van der Waals surface area contributed by atoms with Crippen LogP contribution in [0.15, 0.2) is 28.9 Å². The lowest BCUT2D eigenvalue weighted by molar-refractivity contribution is 0.356. The van der Waals surface area contributed by atoms with E-state index in [4.69, 9.17) is 13.9 Å². The molecule has 0 saturated heterocycles. The standard InChI is InChI=1S/C18H20N4O5S/c1-25-15-7-12-13(8-16(15)26-2)19-10-20-18(12)22-5-4-14-11(9-22)6-17(27-14)21-28(3,23)24/h6-8,10,21H,4-5,9H2,1-3H3. The predicted molar refractivity (Wildman–Crippen MR) is 105 cm³/mol. The Balaban J connectivity index is 1.70. The van der Waals surface area contributed by atoms with Gasteiger partial charge in [0.2, 0.25) is 15.9 Å². The molecule has 1 N–H and O–H groups in total. The summed E-state index contributed by atoms with van der Waals surface area (Å²) < 4.78 is 41.7. The Morgan fingerprint density at radius 2 is 1.89 bits per heavy atom. The van der Waals surface area contributed by atoms with Crippen LogP contribution < -0.4 is 19.1 Å². The van der Waals surface area contributed by atoms with E-state index >= 15 is 0 Å². The number of rotatable bonds is 5. The van der Waals surface area contributed by atoms with Crippen molar-refractivity contribution in [2.75, 3.05) is 36.6 Å². The SMILES string of the molecule is COc1cc2ncnc(N3CCc4oc(NS(C)(=O)=O)cc4C3)c2cc1OC. The van der Waals surface area contributed by atoms with E-state index in [1.807, 2.05) is 12.1 Å². The Morgan fingerprint density at radius 1 is 1.14 bits per heavy atom. The van der Waals surface area contributed by atoms with Crippen LogP contribution in [0.25, 0.3) is 10.9 Å². The van der Waals surface area contributed by atoms with Gasteiger partial charge in [-0.25, -0.2) is 18.4 Å². The van der Waals surface area contributed by atoms with Crippen LogP contribution in [0.1, 0.15) is 11.3 Å². The molecule has 1 aromatic carbocycles. The highest BCUT2D eigenvalue weighted by atomic mass is 32.2. The first-order chi connectivity index (χ1) is 13.4. The fourth-order valence-electron chi connectivity index (χ4n) is 3.37. The maximum Gasteiger partial charge on any atom is 0.232 e. The number of ether oxygens (including phenoxy) is 2. The molecule has 0 fully saturated rings. The molecule has 0 saturated carbocycles. The van der Waals surface area contributed by atoms with Crippen molar-refractivity contribution in [3.8, 4) is 11.5 Å². The average molecular weight is 404 g/mol. The first-order valence-corrected chi connectivity index (χ1v) is 10.5. The van der Waals surface area contributed by atoms with E-state index in [1.54, 1.807) is 20.3 Å². The molecule has 9 nitrogen and oxygen atoms in total. The van der Waals surface area contributed by atoms with Crippen molar-refractivity contribution in [1.29, 1.82) is 0 Å². The number of nitrogens with zero attached hydrogens (tertiary/aromatic N) is 3. The number of benzene rings is 1. The van der Waals surface area contributed by atoms with E-state index in [2.05, 4.69) is 19.6 Å². The minimum absolute atomic E-state index is 0.230. The van der Waals surface area contributed by atoms with E-state index in [9.17, 15) is 8.42 Å². The van der Waals surface area contributed by atoms with Gasteiger partial charge in [-0.3, -0.25) is 4.72 Å². The van der Waals surface area contributed by atoms with Crippen molar-refractivity contribution in [3.63, 3.8) is 0 Å². The molecule has 28 heavy (non-hydrogen) atoms. The molecular formula is C18H20N4O5S. The van der Waals surface area contributed by atoms with Crippen molar-refractivity contribution in [2.24, 2.45) is 0 Å². The molecular weight excluding hydrogens is 384 g/mol. The number of sulfonamides is 1. The third-order valence-corrected chi connectivity index (χ3v) is 5.14. The summed E-state index contributed by atoms with van der Waals surface area (Å²) in [7, 11) is -0.221. The second-order valence-corrected chi connectivity index (χ2v) is 8.27. The zero-order valence-corrected chi connectivity index (χ0v) is 16.5. The van der Waals surface area contributed by atoms with Crippen LogP contribution in [0.4, 0.5) is 11.7 Å². The summed E-state index contributed by atoms with van der Waals surface area (Å²) in [5, 5.41) is 0.849. The molecule has 148 valence electrons. The lowest BCUT2D eigenvalue weighted by Crippen LogP contribution is -2.30. The third-order valence-electron chi connectivity index (χ3n) is 4.57. The van der Waals surface area contributed by atoms with E-state index in [-0.39, 0.29) is 5.88 Å². The van der Waals surface area contributed by atoms with Gasteiger partial charge in [0, 0.05) is 42.6 Å². The van der Waals surface area contributed by atoms with E-state index < -0.39 is 10.0 Å². The molecule has 0 spiro atoms. The van der Waals surface area contributed by atoms with E-state index in [0.29, 0.717) is 31.0 Å². The van der Waals surface area contributed by atoms with Gasteiger partial charge in [0.05, 0.1) is 26.0 Å². The molecule has 1 aliphatic rings. The summed E-state index contributed by atoms with van der Waals surface area (Å²) in [6.07, 6.45) is 3.25. The Labute approximate surface area is 162 Å². The number of nitrogens with one attached hydrogen (secondary N) is 1. The van der Waals surface area contributed by atoms with E-state index in [1.165, 1.54) is 6.33 Å². The lowest BCUT2D eigenvalue weighted by Gasteiger charge is -2.28. The summed E-state index contributed by atoms with van der Waals surface area (Å²) >= 11 is 0. The van der Waals surface area contributed by atoms with Crippen molar-refractivity contribution in [1.82, 2.24) is 9.97 Å². The summed E-state index contributed by atoms with van der Waals surface area (Å²) in [6, 6.07) is 5.40. The average Bonchev–Trinajstić information content (AvgIpc) is 3.05. The fraction of sp³-hybridized carbons (Fsp3) is 0.333. The predicted octanol–water partition coefficient (Wildman–Crippen LogP) is 2.17. The maximum absolute atomic E-state index is 11.4. The molecule has 2 aromatic heterocycles. The normalized spacial score (nSPS) is 14.0. The maximum atomic E-state index is 11.4. The molecule has 0 bridgehead atoms. The number of aromatic nitrogens is 2. The molecule has 3 heterocycles. The van der Waals surface area contributed by atoms with Crippen molar-refractivity contribution in [2.45, 2.75) is 13.0 Å². The summed E-state index contributed by atoms with van der Waals surface area (Å²) in [4.78, 5) is 10.9. The lowest BCUT2D eigenvalue weighted by atomic mass is 10.1. The Kier molecular flexibility index (Phi) is 4.50. The second-order valence-electron chi connectivity index (χ2n) is 6.53. The third kappa shape index (κ3) is 3.42. The first kappa shape index (κ1) is 18.4. The number of anilines is 2. The van der Waals surface area contributed by atoms with Crippen molar-refractivity contribution >= 4 is 32.6 Å². The Morgan fingerprint density at radius 3 is 2.61 bits per heavy atom. The van der Waals surface area contributed by atoms with Crippen LogP contribution in [0.5, 0.6) is 11.5 Å². The van der Waals surface area contributed by atoms with Crippen molar-refractivity contribution in [3.05, 3.63) is 35.9 Å². The summed E-state index contributed by atoms with van der Waals surface area (Å²) in [5.41, 5.74) is 1.67. The molecule has 0 atom stereocenters. The zero-order chi connectivity index (χ0) is 19.9. The molecule has 3 aromatic rings. The Hall–Kier alpha value is -3.01. The van der Waals surface area contributed by atoms with Crippen LogP contribution in [0.3, 0.4) is 0 Å². The summed E-state index contributed by atoms with van der Waals surface area (Å²) in [6.45, 7) is 1.23. The van der Waals surface area contributed by atoms with Crippen LogP contribution in [-0.2, 0) is 23.0 Å². The van der Waals surface area contributed by atoms with Gasteiger partial charge < -0.3 is 18.8 Å². The number of methoxy groups -OCH3 is 2. The molecule has 0 unspecified atom stereocenters. The van der Waals surface area contributed by atoms with E-state index in [0.717, 1.165) is 34.3 Å². The summed E-state index contributed by atoms with van der Waals surface area (Å²) in [5.74, 6) is 2.99. The van der Waals surface area contributed by atoms with Gasteiger partial charge in [-0.15, -0.1) is 0 Å². The zero-order valence-electron chi connectivity index (χ0n) is 15.7. The Bertz CT molecular complexity index is 1140. The number of fused-ring (bicyclic) bond motifs is 2. The topological polar surface area (TPSA) is 107 Å². The highest BCUT2D eigenvalue weighted by molar-refractivity contribution is 7.92. The largest absolute Gasteiger partial charge is 0.493 e.